The summed E-state index contributed by atoms with van der Waals surface area (Å²) in [5.41, 5.74) is 0.733. The van der Waals surface area contributed by atoms with Crippen LogP contribution in [-0.2, 0) is 11.3 Å². The number of benzene rings is 1. The SMILES string of the molecule is CC(C)Oc1cccc(O)c1CCON. The molecule has 0 aromatic heterocycles. The van der Waals surface area contributed by atoms with Gasteiger partial charge in [0.1, 0.15) is 11.5 Å². The van der Waals surface area contributed by atoms with Crippen LogP contribution in [0.25, 0.3) is 0 Å². The zero-order valence-corrected chi connectivity index (χ0v) is 9.06. The predicted octanol–water partition coefficient (Wildman–Crippen LogP) is 1.61. The molecule has 0 bridgehead atoms. The fraction of sp³-hybridized carbons (Fsp3) is 0.455. The Morgan fingerprint density at radius 3 is 2.73 bits per heavy atom. The van der Waals surface area contributed by atoms with Gasteiger partial charge in [-0.1, -0.05) is 6.07 Å². The molecule has 0 amide bonds. The Morgan fingerprint density at radius 2 is 2.13 bits per heavy atom. The van der Waals surface area contributed by atoms with Crippen LogP contribution in [0.4, 0.5) is 0 Å². The molecule has 4 heteroatoms. The van der Waals surface area contributed by atoms with Gasteiger partial charge in [0.25, 0.3) is 0 Å². The summed E-state index contributed by atoms with van der Waals surface area (Å²) >= 11 is 0. The van der Waals surface area contributed by atoms with Crippen LogP contribution in [-0.4, -0.2) is 17.8 Å². The molecule has 0 saturated heterocycles. The summed E-state index contributed by atoms with van der Waals surface area (Å²) in [5.74, 6) is 5.85. The molecule has 0 atom stereocenters. The summed E-state index contributed by atoms with van der Waals surface area (Å²) in [7, 11) is 0. The number of aromatic hydroxyl groups is 1. The first-order valence-electron chi connectivity index (χ1n) is 4.94. The molecule has 1 aromatic rings. The molecular formula is C11H17NO3. The molecule has 0 heterocycles. The molecule has 15 heavy (non-hydrogen) atoms. The quantitative estimate of drug-likeness (QED) is 0.726. The lowest BCUT2D eigenvalue weighted by molar-refractivity contribution is 0.139. The Morgan fingerprint density at radius 1 is 1.40 bits per heavy atom. The van der Waals surface area contributed by atoms with Gasteiger partial charge < -0.3 is 14.7 Å². The number of phenols is 1. The highest BCUT2D eigenvalue weighted by Crippen LogP contribution is 2.28. The van der Waals surface area contributed by atoms with E-state index in [4.69, 9.17) is 10.6 Å². The van der Waals surface area contributed by atoms with Gasteiger partial charge in [0, 0.05) is 12.0 Å². The third kappa shape index (κ3) is 3.42. The molecule has 1 rings (SSSR count). The van der Waals surface area contributed by atoms with E-state index in [2.05, 4.69) is 4.84 Å². The lowest BCUT2D eigenvalue weighted by atomic mass is 10.1. The summed E-state index contributed by atoms with van der Waals surface area (Å²) < 4.78 is 5.57. The standard InChI is InChI=1S/C11H17NO3/c1-8(2)15-11-5-3-4-10(13)9(11)6-7-14-12/h3-5,8,13H,6-7,12H2,1-2H3. The second kappa shape index (κ2) is 5.58. The first-order chi connectivity index (χ1) is 7.15. The molecule has 0 saturated carbocycles. The molecule has 4 nitrogen and oxygen atoms in total. The van der Waals surface area contributed by atoms with Crippen LogP contribution >= 0.6 is 0 Å². The lowest BCUT2D eigenvalue weighted by Gasteiger charge is -2.14. The molecular weight excluding hydrogens is 194 g/mol. The maximum Gasteiger partial charge on any atom is 0.126 e. The molecule has 0 aliphatic rings. The molecule has 0 radical (unpaired) electrons. The molecule has 0 aliphatic heterocycles. The number of hydrogen-bond acceptors (Lipinski definition) is 4. The Kier molecular flexibility index (Phi) is 4.39. The van der Waals surface area contributed by atoms with Crippen molar-refractivity contribution in [3.63, 3.8) is 0 Å². The molecule has 0 unspecified atom stereocenters. The maximum atomic E-state index is 9.65. The maximum absolute atomic E-state index is 9.65. The summed E-state index contributed by atoms with van der Waals surface area (Å²) in [6.07, 6.45) is 0.606. The van der Waals surface area contributed by atoms with E-state index in [9.17, 15) is 5.11 Å². The van der Waals surface area contributed by atoms with Crippen molar-refractivity contribution in [1.29, 1.82) is 0 Å². The van der Waals surface area contributed by atoms with E-state index in [1.165, 1.54) is 0 Å². The van der Waals surface area contributed by atoms with Crippen LogP contribution in [0.15, 0.2) is 18.2 Å². The van der Waals surface area contributed by atoms with Gasteiger partial charge >= 0.3 is 0 Å². The van der Waals surface area contributed by atoms with Crippen LogP contribution in [0.3, 0.4) is 0 Å². The average Bonchev–Trinajstić information content (AvgIpc) is 2.16. The zero-order valence-electron chi connectivity index (χ0n) is 9.06. The van der Waals surface area contributed by atoms with E-state index in [0.717, 1.165) is 5.56 Å². The summed E-state index contributed by atoms with van der Waals surface area (Å²) in [6, 6.07) is 5.20. The van der Waals surface area contributed by atoms with Crippen molar-refractivity contribution >= 4 is 0 Å². The molecule has 0 fully saturated rings. The van der Waals surface area contributed by atoms with Gasteiger partial charge in [0.2, 0.25) is 0 Å². The van der Waals surface area contributed by atoms with Gasteiger partial charge in [-0.05, 0) is 26.0 Å². The van der Waals surface area contributed by atoms with Gasteiger partial charge in [-0.25, -0.2) is 5.90 Å². The van der Waals surface area contributed by atoms with Crippen LogP contribution in [0, 0.1) is 0 Å². The van der Waals surface area contributed by atoms with E-state index in [1.54, 1.807) is 12.1 Å². The van der Waals surface area contributed by atoms with Crippen molar-refractivity contribution < 1.29 is 14.7 Å². The predicted molar refractivity (Wildman–Crippen MR) is 57.7 cm³/mol. The van der Waals surface area contributed by atoms with Crippen molar-refractivity contribution in [3.05, 3.63) is 23.8 Å². The summed E-state index contributed by atoms with van der Waals surface area (Å²) in [6.45, 7) is 4.23. The minimum absolute atomic E-state index is 0.0735. The topological polar surface area (TPSA) is 64.7 Å². The van der Waals surface area contributed by atoms with Gasteiger partial charge in [0.15, 0.2) is 0 Å². The first kappa shape index (κ1) is 11.8. The van der Waals surface area contributed by atoms with Gasteiger partial charge in [0.05, 0.1) is 12.7 Å². The fourth-order valence-electron chi connectivity index (χ4n) is 1.33. The summed E-state index contributed by atoms with van der Waals surface area (Å²) in [5, 5.41) is 9.65. The second-order valence-electron chi connectivity index (χ2n) is 3.54. The lowest BCUT2D eigenvalue weighted by Crippen LogP contribution is -2.09. The fourth-order valence-corrected chi connectivity index (χ4v) is 1.33. The highest BCUT2D eigenvalue weighted by molar-refractivity contribution is 5.44. The molecule has 0 aliphatic carbocycles. The number of nitrogens with two attached hydrogens (primary N) is 1. The van der Waals surface area contributed by atoms with E-state index in [-0.39, 0.29) is 11.9 Å². The number of hydrogen-bond donors (Lipinski definition) is 2. The van der Waals surface area contributed by atoms with E-state index in [1.807, 2.05) is 19.9 Å². The van der Waals surface area contributed by atoms with Crippen molar-refractivity contribution in [3.8, 4) is 11.5 Å². The van der Waals surface area contributed by atoms with E-state index >= 15 is 0 Å². The van der Waals surface area contributed by atoms with Crippen molar-refractivity contribution in [2.75, 3.05) is 6.61 Å². The van der Waals surface area contributed by atoms with Gasteiger partial charge in [-0.2, -0.15) is 0 Å². The largest absolute Gasteiger partial charge is 0.508 e. The molecule has 0 spiro atoms. The van der Waals surface area contributed by atoms with E-state index in [0.29, 0.717) is 18.8 Å². The third-order valence-corrected chi connectivity index (χ3v) is 1.94. The first-order valence-corrected chi connectivity index (χ1v) is 4.94. The number of phenolic OH excluding ortho intramolecular Hbond substituents is 1. The van der Waals surface area contributed by atoms with Gasteiger partial charge in [-0.15, -0.1) is 0 Å². The van der Waals surface area contributed by atoms with Crippen LogP contribution in [0.2, 0.25) is 0 Å². The zero-order chi connectivity index (χ0) is 11.3. The highest BCUT2D eigenvalue weighted by atomic mass is 16.6. The Labute approximate surface area is 89.6 Å². The molecule has 84 valence electrons. The van der Waals surface area contributed by atoms with E-state index < -0.39 is 0 Å². The summed E-state index contributed by atoms with van der Waals surface area (Å²) in [4.78, 5) is 4.49. The normalized spacial score (nSPS) is 10.7. The van der Waals surface area contributed by atoms with Crippen LogP contribution < -0.4 is 10.6 Å². The van der Waals surface area contributed by atoms with Crippen molar-refractivity contribution in [1.82, 2.24) is 0 Å². The second-order valence-corrected chi connectivity index (χ2v) is 3.54. The number of ether oxygens (including phenoxy) is 1. The Bertz CT molecular complexity index is 313. The Balaban J connectivity index is 2.87. The minimum atomic E-state index is 0.0735. The minimum Gasteiger partial charge on any atom is -0.508 e. The Hall–Kier alpha value is -1.26. The van der Waals surface area contributed by atoms with Crippen LogP contribution in [0.5, 0.6) is 11.5 Å². The van der Waals surface area contributed by atoms with Crippen molar-refractivity contribution in [2.45, 2.75) is 26.4 Å². The highest BCUT2D eigenvalue weighted by Gasteiger charge is 2.09. The van der Waals surface area contributed by atoms with Crippen LogP contribution in [0.1, 0.15) is 19.4 Å². The van der Waals surface area contributed by atoms with Crippen molar-refractivity contribution in [2.24, 2.45) is 5.90 Å². The third-order valence-electron chi connectivity index (χ3n) is 1.94. The average molecular weight is 211 g/mol. The molecule has 3 N–H and O–H groups in total. The smallest absolute Gasteiger partial charge is 0.126 e. The monoisotopic (exact) mass is 211 g/mol. The molecule has 1 aromatic carbocycles. The number of rotatable bonds is 5. The van der Waals surface area contributed by atoms with Gasteiger partial charge in [-0.3, -0.25) is 0 Å².